The number of hydrogen-bond donors (Lipinski definition) is 2. The van der Waals surface area contributed by atoms with Crippen LogP contribution in [0.5, 0.6) is 0 Å². The fourth-order valence-electron chi connectivity index (χ4n) is 0.897. The van der Waals surface area contributed by atoms with Crippen molar-refractivity contribution < 1.29 is 9.63 Å². The molecule has 1 heterocycles. The van der Waals surface area contributed by atoms with Crippen molar-refractivity contribution in [3.8, 4) is 0 Å². The maximum Gasteiger partial charge on any atom is 0.141 e. The Balaban J connectivity index is 2.54. The van der Waals surface area contributed by atoms with Crippen molar-refractivity contribution in [2.24, 2.45) is 5.73 Å². The summed E-state index contributed by atoms with van der Waals surface area (Å²) in [5.41, 5.74) is 6.33. The highest BCUT2D eigenvalue weighted by Gasteiger charge is 2.04. The number of hydrogen-bond acceptors (Lipinski definition) is 4. The summed E-state index contributed by atoms with van der Waals surface area (Å²) in [4.78, 5) is 0. The van der Waals surface area contributed by atoms with E-state index in [9.17, 15) is 0 Å². The van der Waals surface area contributed by atoms with Gasteiger partial charge in [-0.05, 0) is 6.42 Å². The number of rotatable bonds is 4. The van der Waals surface area contributed by atoms with Crippen LogP contribution in [0.25, 0.3) is 0 Å². The second-order valence-corrected chi connectivity index (χ2v) is 2.31. The van der Waals surface area contributed by atoms with Gasteiger partial charge in [0.2, 0.25) is 0 Å². The summed E-state index contributed by atoms with van der Waals surface area (Å²) < 4.78 is 4.92. The van der Waals surface area contributed by atoms with Crippen LogP contribution in [0.2, 0.25) is 0 Å². The standard InChI is InChI=1S/C7H12N2O2/c8-4-6-5-9-11-7(6)2-1-3-10/h5,10H,1-4,8H2. The van der Waals surface area contributed by atoms with E-state index in [0.717, 1.165) is 11.3 Å². The van der Waals surface area contributed by atoms with E-state index in [1.807, 2.05) is 0 Å². The van der Waals surface area contributed by atoms with E-state index in [1.54, 1.807) is 6.20 Å². The van der Waals surface area contributed by atoms with E-state index in [-0.39, 0.29) is 6.61 Å². The van der Waals surface area contributed by atoms with Crippen LogP contribution < -0.4 is 5.73 Å². The summed E-state index contributed by atoms with van der Waals surface area (Å²) in [6.07, 6.45) is 3.03. The Morgan fingerprint density at radius 2 is 2.45 bits per heavy atom. The molecule has 4 nitrogen and oxygen atoms in total. The van der Waals surface area contributed by atoms with Gasteiger partial charge in [0, 0.05) is 25.1 Å². The van der Waals surface area contributed by atoms with E-state index in [1.165, 1.54) is 0 Å². The van der Waals surface area contributed by atoms with Crippen molar-refractivity contribution in [2.45, 2.75) is 19.4 Å². The number of nitrogens with zero attached hydrogens (tertiary/aromatic N) is 1. The van der Waals surface area contributed by atoms with Crippen LogP contribution >= 0.6 is 0 Å². The first kappa shape index (κ1) is 8.23. The maximum absolute atomic E-state index is 8.54. The molecule has 0 aliphatic rings. The molecule has 0 radical (unpaired) electrons. The molecule has 1 aromatic heterocycles. The van der Waals surface area contributed by atoms with Crippen molar-refractivity contribution in [1.82, 2.24) is 5.16 Å². The summed E-state index contributed by atoms with van der Waals surface area (Å²) in [5.74, 6) is 0.793. The molecule has 0 aliphatic carbocycles. The van der Waals surface area contributed by atoms with Crippen LogP contribution in [0.3, 0.4) is 0 Å². The molecule has 0 spiro atoms. The van der Waals surface area contributed by atoms with E-state index in [4.69, 9.17) is 15.4 Å². The lowest BCUT2D eigenvalue weighted by Gasteiger charge is -1.94. The van der Waals surface area contributed by atoms with Crippen LogP contribution in [0, 0.1) is 0 Å². The molecular weight excluding hydrogens is 144 g/mol. The molecule has 0 bridgehead atoms. The monoisotopic (exact) mass is 156 g/mol. The summed E-state index contributed by atoms with van der Waals surface area (Å²) in [7, 11) is 0. The Kier molecular flexibility index (Phi) is 3.07. The molecule has 11 heavy (non-hydrogen) atoms. The SMILES string of the molecule is NCc1cnoc1CCCO. The van der Waals surface area contributed by atoms with Crippen molar-refractivity contribution in [3.63, 3.8) is 0 Å². The summed E-state index contributed by atoms with van der Waals surface area (Å²) in [5, 5.41) is 12.1. The molecule has 3 N–H and O–H groups in total. The van der Waals surface area contributed by atoms with Crippen LogP contribution in [-0.4, -0.2) is 16.9 Å². The van der Waals surface area contributed by atoms with Crippen LogP contribution in [0.4, 0.5) is 0 Å². The highest BCUT2D eigenvalue weighted by molar-refractivity contribution is 5.12. The van der Waals surface area contributed by atoms with Crippen LogP contribution in [-0.2, 0) is 13.0 Å². The minimum absolute atomic E-state index is 0.171. The Bertz CT molecular complexity index is 210. The minimum Gasteiger partial charge on any atom is -0.396 e. The van der Waals surface area contributed by atoms with Crippen molar-refractivity contribution in [1.29, 1.82) is 0 Å². The molecule has 0 saturated carbocycles. The molecule has 0 unspecified atom stereocenters. The molecule has 0 saturated heterocycles. The Hall–Kier alpha value is -0.870. The third-order valence-electron chi connectivity index (χ3n) is 1.51. The van der Waals surface area contributed by atoms with Crippen LogP contribution in [0.15, 0.2) is 10.7 Å². The summed E-state index contributed by atoms with van der Waals surface area (Å²) in [6.45, 7) is 0.620. The predicted molar refractivity (Wildman–Crippen MR) is 39.8 cm³/mol. The maximum atomic E-state index is 8.54. The van der Waals surface area contributed by atoms with Gasteiger partial charge in [-0.2, -0.15) is 0 Å². The smallest absolute Gasteiger partial charge is 0.141 e. The minimum atomic E-state index is 0.171. The van der Waals surface area contributed by atoms with E-state index in [2.05, 4.69) is 5.16 Å². The van der Waals surface area contributed by atoms with Crippen LogP contribution in [0.1, 0.15) is 17.7 Å². The molecule has 4 heteroatoms. The van der Waals surface area contributed by atoms with E-state index in [0.29, 0.717) is 19.4 Å². The number of aliphatic hydroxyl groups is 1. The average Bonchev–Trinajstić information content (AvgIpc) is 2.47. The largest absolute Gasteiger partial charge is 0.396 e. The van der Waals surface area contributed by atoms with Gasteiger partial charge in [-0.3, -0.25) is 0 Å². The summed E-state index contributed by atoms with van der Waals surface area (Å²) >= 11 is 0. The molecule has 1 rings (SSSR count). The van der Waals surface area contributed by atoms with Crippen molar-refractivity contribution >= 4 is 0 Å². The highest BCUT2D eigenvalue weighted by Crippen LogP contribution is 2.08. The molecule has 0 aliphatic heterocycles. The van der Waals surface area contributed by atoms with Gasteiger partial charge in [0.15, 0.2) is 0 Å². The number of aryl methyl sites for hydroxylation is 1. The second-order valence-electron chi connectivity index (χ2n) is 2.31. The molecule has 1 aromatic rings. The Morgan fingerprint density at radius 1 is 1.64 bits per heavy atom. The highest BCUT2D eigenvalue weighted by atomic mass is 16.5. The third-order valence-corrected chi connectivity index (χ3v) is 1.51. The van der Waals surface area contributed by atoms with Gasteiger partial charge in [-0.1, -0.05) is 5.16 Å². The zero-order chi connectivity index (χ0) is 8.10. The predicted octanol–water partition coefficient (Wildman–Crippen LogP) is 0.0582. The Morgan fingerprint density at radius 3 is 3.09 bits per heavy atom. The topological polar surface area (TPSA) is 72.3 Å². The fraction of sp³-hybridized carbons (Fsp3) is 0.571. The van der Waals surface area contributed by atoms with Gasteiger partial charge < -0.3 is 15.4 Å². The molecular formula is C7H12N2O2. The van der Waals surface area contributed by atoms with Gasteiger partial charge >= 0.3 is 0 Å². The Labute approximate surface area is 65.0 Å². The lowest BCUT2D eigenvalue weighted by atomic mass is 10.2. The number of aliphatic hydroxyl groups excluding tert-OH is 1. The van der Waals surface area contributed by atoms with Crippen molar-refractivity contribution in [3.05, 3.63) is 17.5 Å². The first-order valence-electron chi connectivity index (χ1n) is 3.62. The lowest BCUT2D eigenvalue weighted by Crippen LogP contribution is -1.99. The lowest BCUT2D eigenvalue weighted by molar-refractivity contribution is 0.279. The third kappa shape index (κ3) is 2.03. The second kappa shape index (κ2) is 4.10. The molecule has 0 fully saturated rings. The number of aromatic nitrogens is 1. The zero-order valence-corrected chi connectivity index (χ0v) is 6.29. The van der Waals surface area contributed by atoms with Gasteiger partial charge in [0.05, 0.1) is 6.20 Å². The number of nitrogens with two attached hydrogens (primary N) is 1. The molecule has 0 aromatic carbocycles. The molecule has 0 atom stereocenters. The van der Waals surface area contributed by atoms with E-state index < -0.39 is 0 Å². The first-order chi connectivity index (χ1) is 5.38. The van der Waals surface area contributed by atoms with Gasteiger partial charge in [0.25, 0.3) is 0 Å². The first-order valence-corrected chi connectivity index (χ1v) is 3.62. The molecule has 0 amide bonds. The normalized spacial score (nSPS) is 10.4. The average molecular weight is 156 g/mol. The fourth-order valence-corrected chi connectivity index (χ4v) is 0.897. The van der Waals surface area contributed by atoms with Gasteiger partial charge in [-0.25, -0.2) is 0 Å². The van der Waals surface area contributed by atoms with Gasteiger partial charge in [0.1, 0.15) is 5.76 Å². The summed E-state index contributed by atoms with van der Waals surface area (Å²) in [6, 6.07) is 0. The van der Waals surface area contributed by atoms with E-state index >= 15 is 0 Å². The van der Waals surface area contributed by atoms with Crippen molar-refractivity contribution in [2.75, 3.05) is 6.61 Å². The quantitative estimate of drug-likeness (QED) is 0.646. The molecule has 62 valence electrons. The zero-order valence-electron chi connectivity index (χ0n) is 6.29. The van der Waals surface area contributed by atoms with Gasteiger partial charge in [-0.15, -0.1) is 0 Å².